The van der Waals surface area contributed by atoms with E-state index in [4.69, 9.17) is 4.74 Å². The van der Waals surface area contributed by atoms with E-state index in [9.17, 15) is 18.0 Å². The Hall–Kier alpha value is -1.93. The lowest BCUT2D eigenvalue weighted by molar-refractivity contribution is -0.124. The quantitative estimate of drug-likeness (QED) is 0.714. The van der Waals surface area contributed by atoms with Gasteiger partial charge in [-0.1, -0.05) is 19.4 Å². The molecular formula is C19H28N2O5S. The molecule has 1 amide bonds. The number of esters is 1. The molecule has 1 fully saturated rings. The first-order valence-corrected chi connectivity index (χ1v) is 10.8. The number of carbonyl (C=O) groups is 2. The highest BCUT2D eigenvalue weighted by molar-refractivity contribution is 7.89. The van der Waals surface area contributed by atoms with Gasteiger partial charge in [-0.25, -0.2) is 13.2 Å². The first-order chi connectivity index (χ1) is 12.8. The Labute approximate surface area is 161 Å². The summed E-state index contributed by atoms with van der Waals surface area (Å²) < 4.78 is 32.1. The highest BCUT2D eigenvalue weighted by Crippen LogP contribution is 2.23. The number of hydrogen-bond acceptors (Lipinski definition) is 5. The molecule has 1 aliphatic heterocycles. The number of ether oxygens (including phenoxy) is 1. The summed E-state index contributed by atoms with van der Waals surface area (Å²) in [5.74, 6) is -1.09. The third-order valence-electron chi connectivity index (χ3n) is 4.74. The van der Waals surface area contributed by atoms with Gasteiger partial charge < -0.3 is 10.1 Å². The van der Waals surface area contributed by atoms with Crippen LogP contribution in [0.5, 0.6) is 0 Å². The number of amides is 1. The van der Waals surface area contributed by atoms with Crippen molar-refractivity contribution >= 4 is 21.9 Å². The second-order valence-electron chi connectivity index (χ2n) is 6.89. The Kier molecular flexibility index (Phi) is 7.38. The van der Waals surface area contributed by atoms with Crippen LogP contribution in [0.15, 0.2) is 23.1 Å². The van der Waals surface area contributed by atoms with Crippen LogP contribution in [0.25, 0.3) is 0 Å². The predicted octanol–water partition coefficient (Wildman–Crippen LogP) is 2.24. The molecule has 1 saturated heterocycles. The Morgan fingerprint density at radius 3 is 2.52 bits per heavy atom. The van der Waals surface area contributed by atoms with Crippen molar-refractivity contribution in [1.82, 2.24) is 9.62 Å². The van der Waals surface area contributed by atoms with Crippen LogP contribution in [0.2, 0.25) is 0 Å². The number of benzene rings is 1. The normalized spacial score (nSPS) is 16.6. The number of nitrogens with zero attached hydrogens (tertiary/aromatic N) is 1. The van der Waals surface area contributed by atoms with Gasteiger partial charge in [0.05, 0.1) is 10.5 Å². The van der Waals surface area contributed by atoms with Crippen LogP contribution in [0, 0.1) is 6.92 Å². The molecule has 0 bridgehead atoms. The fraction of sp³-hybridized carbons (Fsp3) is 0.579. The molecule has 0 aliphatic carbocycles. The van der Waals surface area contributed by atoms with E-state index in [1.165, 1.54) is 16.4 Å². The van der Waals surface area contributed by atoms with Crippen molar-refractivity contribution in [1.29, 1.82) is 0 Å². The number of rotatable bonds is 7. The van der Waals surface area contributed by atoms with Crippen LogP contribution < -0.4 is 5.32 Å². The minimum Gasteiger partial charge on any atom is -0.452 e. The maximum atomic E-state index is 12.8. The second kappa shape index (κ2) is 9.32. The number of nitrogens with one attached hydrogen (secondary N) is 1. The van der Waals surface area contributed by atoms with E-state index in [2.05, 4.69) is 5.32 Å². The number of piperidine rings is 1. The number of carbonyl (C=O) groups excluding carboxylic acids is 2. The van der Waals surface area contributed by atoms with E-state index in [-0.39, 0.29) is 22.4 Å². The summed E-state index contributed by atoms with van der Waals surface area (Å²) in [7, 11) is -3.64. The zero-order chi connectivity index (χ0) is 20.0. The summed E-state index contributed by atoms with van der Waals surface area (Å²) in [6.07, 6.45) is 3.47. The summed E-state index contributed by atoms with van der Waals surface area (Å²) in [4.78, 5) is 24.2. The summed E-state index contributed by atoms with van der Waals surface area (Å²) >= 11 is 0. The minimum absolute atomic E-state index is 0.00375. The van der Waals surface area contributed by atoms with Gasteiger partial charge in [0, 0.05) is 19.1 Å². The Bertz CT molecular complexity index is 785. The third kappa shape index (κ3) is 5.52. The number of sulfonamides is 1. The topological polar surface area (TPSA) is 92.8 Å². The van der Waals surface area contributed by atoms with Crippen molar-refractivity contribution in [3.8, 4) is 0 Å². The van der Waals surface area contributed by atoms with Gasteiger partial charge in [0.2, 0.25) is 10.0 Å². The highest BCUT2D eigenvalue weighted by Gasteiger charge is 2.27. The molecule has 1 atom stereocenters. The molecule has 1 aromatic carbocycles. The zero-order valence-electron chi connectivity index (χ0n) is 16.2. The summed E-state index contributed by atoms with van der Waals surface area (Å²) in [5, 5.41) is 2.71. The third-order valence-corrected chi connectivity index (χ3v) is 6.63. The van der Waals surface area contributed by atoms with Crippen molar-refractivity contribution in [2.45, 2.75) is 57.4 Å². The molecular weight excluding hydrogens is 368 g/mol. The van der Waals surface area contributed by atoms with Gasteiger partial charge in [-0.05, 0) is 50.8 Å². The SMILES string of the molecule is CC[C@@H](C)NC(=O)COC(=O)c1cc(S(=O)(=O)N2CCCCC2)ccc1C. The highest BCUT2D eigenvalue weighted by atomic mass is 32.2. The largest absolute Gasteiger partial charge is 0.452 e. The molecule has 0 spiro atoms. The van der Waals surface area contributed by atoms with E-state index in [1.807, 2.05) is 13.8 Å². The van der Waals surface area contributed by atoms with Gasteiger partial charge >= 0.3 is 5.97 Å². The number of aryl methyl sites for hydroxylation is 1. The summed E-state index contributed by atoms with van der Waals surface area (Å²) in [5.41, 5.74) is 0.754. The fourth-order valence-electron chi connectivity index (χ4n) is 2.86. The standard InChI is InChI=1S/C19H28N2O5S/c1-4-15(3)20-18(22)13-26-19(23)17-12-16(9-8-14(17)2)27(24,25)21-10-6-5-7-11-21/h8-9,12,15H,4-7,10-11,13H2,1-3H3,(H,20,22)/t15-/m1/s1. The molecule has 1 aromatic rings. The molecule has 0 radical (unpaired) electrons. The first kappa shape index (κ1) is 21.4. The van der Waals surface area contributed by atoms with Gasteiger partial charge in [0.15, 0.2) is 6.61 Å². The molecule has 0 unspecified atom stereocenters. The smallest absolute Gasteiger partial charge is 0.338 e. The molecule has 0 saturated carbocycles. The number of hydrogen-bond donors (Lipinski definition) is 1. The van der Waals surface area contributed by atoms with Gasteiger partial charge in [-0.3, -0.25) is 4.79 Å². The summed E-state index contributed by atoms with van der Waals surface area (Å²) in [6.45, 7) is 6.09. The molecule has 1 N–H and O–H groups in total. The van der Waals surface area contributed by atoms with Crippen LogP contribution in [0.1, 0.15) is 55.5 Å². The monoisotopic (exact) mass is 396 g/mol. The maximum Gasteiger partial charge on any atom is 0.338 e. The lowest BCUT2D eigenvalue weighted by Crippen LogP contribution is -2.36. The van der Waals surface area contributed by atoms with E-state index < -0.39 is 22.6 Å². The second-order valence-corrected chi connectivity index (χ2v) is 8.83. The molecule has 27 heavy (non-hydrogen) atoms. The van der Waals surface area contributed by atoms with Crippen LogP contribution in [-0.4, -0.2) is 50.3 Å². The molecule has 0 aromatic heterocycles. The van der Waals surface area contributed by atoms with Crippen LogP contribution in [0.3, 0.4) is 0 Å². The van der Waals surface area contributed by atoms with Crippen LogP contribution in [-0.2, 0) is 19.6 Å². The molecule has 150 valence electrons. The van der Waals surface area contributed by atoms with Crippen molar-refractivity contribution in [2.75, 3.05) is 19.7 Å². The molecule has 1 aliphatic rings. The maximum absolute atomic E-state index is 12.8. The van der Waals surface area contributed by atoms with E-state index in [0.717, 1.165) is 25.7 Å². The summed E-state index contributed by atoms with van der Waals surface area (Å²) in [6, 6.07) is 4.43. The lowest BCUT2D eigenvalue weighted by atomic mass is 10.1. The molecule has 1 heterocycles. The van der Waals surface area contributed by atoms with E-state index >= 15 is 0 Å². The average molecular weight is 397 g/mol. The lowest BCUT2D eigenvalue weighted by Gasteiger charge is -2.26. The minimum atomic E-state index is -3.64. The van der Waals surface area contributed by atoms with Gasteiger partial charge in [0.1, 0.15) is 0 Å². The fourth-order valence-corrected chi connectivity index (χ4v) is 4.41. The Morgan fingerprint density at radius 1 is 1.22 bits per heavy atom. The van der Waals surface area contributed by atoms with E-state index in [0.29, 0.717) is 18.7 Å². The van der Waals surface area contributed by atoms with Gasteiger partial charge in [-0.2, -0.15) is 4.31 Å². The molecule has 8 heteroatoms. The molecule has 7 nitrogen and oxygen atoms in total. The van der Waals surface area contributed by atoms with Crippen LogP contribution in [0.4, 0.5) is 0 Å². The Balaban J connectivity index is 2.12. The average Bonchev–Trinajstić information content (AvgIpc) is 2.66. The van der Waals surface area contributed by atoms with Crippen molar-refractivity contribution in [3.63, 3.8) is 0 Å². The van der Waals surface area contributed by atoms with Gasteiger partial charge in [-0.15, -0.1) is 0 Å². The van der Waals surface area contributed by atoms with E-state index in [1.54, 1.807) is 13.0 Å². The Morgan fingerprint density at radius 2 is 1.89 bits per heavy atom. The first-order valence-electron chi connectivity index (χ1n) is 9.33. The molecule has 2 rings (SSSR count). The van der Waals surface area contributed by atoms with Crippen LogP contribution >= 0.6 is 0 Å². The predicted molar refractivity (Wildman–Crippen MR) is 102 cm³/mol. The van der Waals surface area contributed by atoms with Crippen molar-refractivity contribution < 1.29 is 22.7 Å². The van der Waals surface area contributed by atoms with Crippen molar-refractivity contribution in [2.24, 2.45) is 0 Å². The van der Waals surface area contributed by atoms with Gasteiger partial charge in [0.25, 0.3) is 5.91 Å². The van der Waals surface area contributed by atoms with Crippen molar-refractivity contribution in [3.05, 3.63) is 29.3 Å². The zero-order valence-corrected chi connectivity index (χ0v) is 17.0.